The van der Waals surface area contributed by atoms with Gasteiger partial charge in [-0.3, -0.25) is 0 Å². The summed E-state index contributed by atoms with van der Waals surface area (Å²) in [6.07, 6.45) is -0.245. The van der Waals surface area contributed by atoms with Crippen LogP contribution in [0.2, 0.25) is 0 Å². The van der Waals surface area contributed by atoms with Crippen LogP contribution in [0, 0.1) is 6.92 Å². The fourth-order valence-corrected chi connectivity index (χ4v) is 1.79. The van der Waals surface area contributed by atoms with Crippen LogP contribution in [0.1, 0.15) is 17.6 Å². The predicted molar refractivity (Wildman–Crippen MR) is 70.0 cm³/mol. The minimum Gasteiger partial charge on any atom is -0.481 e. The van der Waals surface area contributed by atoms with Gasteiger partial charge in [-0.15, -0.1) is 0 Å². The van der Waals surface area contributed by atoms with Crippen molar-refractivity contribution in [3.05, 3.63) is 52.4 Å². The number of furan rings is 1. The maximum absolute atomic E-state index is 5.78. The first-order valence-electron chi connectivity index (χ1n) is 5.37. The first-order valence-corrected chi connectivity index (χ1v) is 6.17. The van der Waals surface area contributed by atoms with Crippen LogP contribution >= 0.6 is 15.9 Å². The van der Waals surface area contributed by atoms with Gasteiger partial charge in [0.2, 0.25) is 0 Å². The summed E-state index contributed by atoms with van der Waals surface area (Å²) in [5.74, 6) is 2.39. The van der Waals surface area contributed by atoms with Crippen LogP contribution in [0.4, 0.5) is 0 Å². The molecule has 1 heterocycles. The molecule has 0 aliphatic heterocycles. The number of hydrogen-bond donors (Lipinski definition) is 1. The summed E-state index contributed by atoms with van der Waals surface area (Å²) < 4.78 is 12.3. The Kier molecular flexibility index (Phi) is 3.86. The van der Waals surface area contributed by atoms with Crippen molar-refractivity contribution >= 4 is 15.9 Å². The maximum Gasteiger partial charge on any atom is 0.168 e. The monoisotopic (exact) mass is 295 g/mol. The van der Waals surface area contributed by atoms with Gasteiger partial charge in [-0.2, -0.15) is 0 Å². The third-order valence-electron chi connectivity index (χ3n) is 2.38. The van der Waals surface area contributed by atoms with Crippen LogP contribution in [-0.4, -0.2) is 6.54 Å². The highest BCUT2D eigenvalue weighted by atomic mass is 79.9. The van der Waals surface area contributed by atoms with E-state index < -0.39 is 0 Å². The highest BCUT2D eigenvalue weighted by Gasteiger charge is 2.15. The van der Waals surface area contributed by atoms with Gasteiger partial charge in [0, 0.05) is 11.0 Å². The molecule has 0 aliphatic rings. The van der Waals surface area contributed by atoms with Gasteiger partial charge in [-0.25, -0.2) is 0 Å². The van der Waals surface area contributed by atoms with Gasteiger partial charge in [0.15, 0.2) is 6.10 Å². The SMILES string of the molecule is Cc1ccc(C(CN)Oc2ccc(Br)cc2)o1. The highest BCUT2D eigenvalue weighted by Crippen LogP contribution is 2.24. The van der Waals surface area contributed by atoms with Gasteiger partial charge in [-0.05, 0) is 43.3 Å². The molecular formula is C13H14BrNO2. The molecule has 0 spiro atoms. The molecule has 0 bridgehead atoms. The van der Waals surface area contributed by atoms with E-state index in [4.69, 9.17) is 14.9 Å². The van der Waals surface area contributed by atoms with Crippen LogP contribution in [0.5, 0.6) is 5.75 Å². The van der Waals surface area contributed by atoms with Crippen molar-refractivity contribution in [3.63, 3.8) is 0 Å². The molecule has 0 saturated carbocycles. The van der Waals surface area contributed by atoms with Crippen LogP contribution < -0.4 is 10.5 Å². The average molecular weight is 296 g/mol. The molecule has 1 unspecified atom stereocenters. The molecule has 2 rings (SSSR count). The number of halogens is 1. The molecule has 1 atom stereocenters. The van der Waals surface area contributed by atoms with Crippen molar-refractivity contribution in [1.82, 2.24) is 0 Å². The quantitative estimate of drug-likeness (QED) is 0.940. The molecule has 0 aliphatic carbocycles. The molecule has 3 nitrogen and oxygen atoms in total. The molecule has 2 N–H and O–H groups in total. The molecule has 17 heavy (non-hydrogen) atoms. The zero-order chi connectivity index (χ0) is 12.3. The van der Waals surface area contributed by atoms with Crippen molar-refractivity contribution in [2.45, 2.75) is 13.0 Å². The normalized spacial score (nSPS) is 12.4. The third-order valence-corrected chi connectivity index (χ3v) is 2.91. The molecule has 1 aromatic carbocycles. The number of nitrogens with two attached hydrogens (primary N) is 1. The van der Waals surface area contributed by atoms with Gasteiger partial charge >= 0.3 is 0 Å². The second kappa shape index (κ2) is 5.38. The molecule has 4 heteroatoms. The highest BCUT2D eigenvalue weighted by molar-refractivity contribution is 9.10. The largest absolute Gasteiger partial charge is 0.481 e. The molecule has 1 aromatic heterocycles. The van der Waals surface area contributed by atoms with Crippen molar-refractivity contribution in [3.8, 4) is 5.75 Å². The molecule has 0 amide bonds. The van der Waals surface area contributed by atoms with Crippen molar-refractivity contribution in [2.24, 2.45) is 5.73 Å². The molecule has 2 aromatic rings. The second-order valence-corrected chi connectivity index (χ2v) is 4.66. The third kappa shape index (κ3) is 3.11. The Balaban J connectivity index is 2.12. The molecular weight excluding hydrogens is 282 g/mol. The van der Waals surface area contributed by atoms with Gasteiger partial charge in [0.25, 0.3) is 0 Å². The summed E-state index contributed by atoms with van der Waals surface area (Å²) in [6, 6.07) is 11.4. The number of rotatable bonds is 4. The average Bonchev–Trinajstić information content (AvgIpc) is 2.75. The van der Waals surface area contributed by atoms with E-state index in [1.165, 1.54) is 0 Å². The van der Waals surface area contributed by atoms with Crippen LogP contribution in [0.15, 0.2) is 45.3 Å². The first kappa shape index (κ1) is 12.2. The summed E-state index contributed by atoms with van der Waals surface area (Å²) in [5.41, 5.74) is 5.70. The lowest BCUT2D eigenvalue weighted by Gasteiger charge is -2.15. The van der Waals surface area contributed by atoms with E-state index in [1.807, 2.05) is 43.3 Å². The molecule has 0 saturated heterocycles. The first-order chi connectivity index (χ1) is 8.19. The van der Waals surface area contributed by atoms with Crippen molar-refractivity contribution in [1.29, 1.82) is 0 Å². The van der Waals surface area contributed by atoms with Crippen LogP contribution in [0.25, 0.3) is 0 Å². The van der Waals surface area contributed by atoms with Crippen LogP contribution in [-0.2, 0) is 0 Å². The fraction of sp³-hybridized carbons (Fsp3) is 0.231. The predicted octanol–water partition coefficient (Wildman–Crippen LogP) is 3.43. The number of hydrogen-bond acceptors (Lipinski definition) is 3. The lowest BCUT2D eigenvalue weighted by Crippen LogP contribution is -2.17. The minimum absolute atomic E-state index is 0.245. The lowest BCUT2D eigenvalue weighted by molar-refractivity contribution is 0.182. The van der Waals surface area contributed by atoms with E-state index in [9.17, 15) is 0 Å². The Morgan fingerprint density at radius 2 is 1.94 bits per heavy atom. The summed E-state index contributed by atoms with van der Waals surface area (Å²) in [7, 11) is 0. The fourth-order valence-electron chi connectivity index (χ4n) is 1.53. The van der Waals surface area contributed by atoms with E-state index in [0.717, 1.165) is 21.7 Å². The summed E-state index contributed by atoms with van der Waals surface area (Å²) in [5, 5.41) is 0. The maximum atomic E-state index is 5.78. The Morgan fingerprint density at radius 1 is 1.24 bits per heavy atom. The van der Waals surface area contributed by atoms with Gasteiger partial charge in [-0.1, -0.05) is 15.9 Å². The zero-order valence-corrected chi connectivity index (χ0v) is 11.1. The Bertz CT molecular complexity index is 478. The van der Waals surface area contributed by atoms with E-state index in [1.54, 1.807) is 0 Å². The summed E-state index contributed by atoms with van der Waals surface area (Å²) in [4.78, 5) is 0. The molecule has 0 fully saturated rings. The summed E-state index contributed by atoms with van der Waals surface area (Å²) >= 11 is 3.38. The smallest absolute Gasteiger partial charge is 0.168 e. The number of aryl methyl sites for hydroxylation is 1. The zero-order valence-electron chi connectivity index (χ0n) is 9.52. The summed E-state index contributed by atoms with van der Waals surface area (Å²) in [6.45, 7) is 2.28. The Labute approximate surface area is 109 Å². The lowest BCUT2D eigenvalue weighted by atomic mass is 10.2. The number of ether oxygens (including phenoxy) is 1. The van der Waals surface area contributed by atoms with Crippen molar-refractivity contribution < 1.29 is 9.15 Å². The molecule has 90 valence electrons. The van der Waals surface area contributed by atoms with E-state index in [0.29, 0.717) is 6.54 Å². The second-order valence-electron chi connectivity index (χ2n) is 3.74. The minimum atomic E-state index is -0.245. The van der Waals surface area contributed by atoms with E-state index in [-0.39, 0.29) is 6.10 Å². The van der Waals surface area contributed by atoms with Gasteiger partial charge in [0.05, 0.1) is 0 Å². The standard InChI is InChI=1S/C13H14BrNO2/c1-9-2-7-12(16-9)13(8-15)17-11-5-3-10(14)4-6-11/h2-7,13H,8,15H2,1H3. The van der Waals surface area contributed by atoms with E-state index >= 15 is 0 Å². The molecule has 0 radical (unpaired) electrons. The van der Waals surface area contributed by atoms with Gasteiger partial charge in [0.1, 0.15) is 17.3 Å². The van der Waals surface area contributed by atoms with Crippen molar-refractivity contribution in [2.75, 3.05) is 6.54 Å². The number of benzene rings is 1. The van der Waals surface area contributed by atoms with Crippen LogP contribution in [0.3, 0.4) is 0 Å². The Morgan fingerprint density at radius 3 is 2.47 bits per heavy atom. The van der Waals surface area contributed by atoms with E-state index in [2.05, 4.69) is 15.9 Å². The Hall–Kier alpha value is -1.26. The topological polar surface area (TPSA) is 48.4 Å². The van der Waals surface area contributed by atoms with Gasteiger partial charge < -0.3 is 14.9 Å².